The smallest absolute Gasteiger partial charge is 0.162 e. The van der Waals surface area contributed by atoms with Gasteiger partial charge < -0.3 is 4.57 Å². The average molecular weight is 727 g/mol. The Morgan fingerprint density at radius 1 is 0.411 bits per heavy atom. The second-order valence-corrected chi connectivity index (χ2v) is 16.2. The van der Waals surface area contributed by atoms with Crippen molar-refractivity contribution in [3.63, 3.8) is 0 Å². The Balaban J connectivity index is 1.23. The summed E-state index contributed by atoms with van der Waals surface area (Å²) in [4.78, 5) is 11.5. The Morgan fingerprint density at radius 2 is 0.857 bits per heavy atom. The lowest BCUT2D eigenvalue weighted by atomic mass is 9.76. The van der Waals surface area contributed by atoms with Gasteiger partial charge in [0.15, 0.2) is 5.82 Å². The SMILES string of the molecule is c1ccc(-n2c3ccccc3c3ccccc32)c(-c2cc(-n3c4ccccc4c4ccccc43)nc(-c3c(C4CCCCC4)cccc3C3CCCCC3)n2)c1. The van der Waals surface area contributed by atoms with Crippen molar-refractivity contribution in [2.45, 2.75) is 76.0 Å². The first-order valence-electron chi connectivity index (χ1n) is 20.9. The molecule has 4 nitrogen and oxygen atoms in total. The van der Waals surface area contributed by atoms with Crippen LogP contribution in [0.5, 0.6) is 0 Å². The van der Waals surface area contributed by atoms with Crippen LogP contribution in [0.3, 0.4) is 0 Å². The molecule has 11 rings (SSSR count). The van der Waals surface area contributed by atoms with Gasteiger partial charge in [-0.3, -0.25) is 4.57 Å². The van der Waals surface area contributed by atoms with Crippen LogP contribution in [0.4, 0.5) is 0 Å². The molecule has 0 radical (unpaired) electrons. The van der Waals surface area contributed by atoms with E-state index in [1.165, 1.54) is 113 Å². The molecule has 0 saturated heterocycles. The van der Waals surface area contributed by atoms with Crippen LogP contribution in [0, 0.1) is 0 Å². The molecular weight excluding hydrogens is 681 g/mol. The molecule has 2 aliphatic carbocycles. The highest BCUT2D eigenvalue weighted by atomic mass is 15.1. The van der Waals surface area contributed by atoms with Gasteiger partial charge in [0.2, 0.25) is 0 Å². The molecule has 3 heterocycles. The fraction of sp³-hybridized carbons (Fsp3) is 0.231. The summed E-state index contributed by atoms with van der Waals surface area (Å²) in [7, 11) is 0. The molecule has 56 heavy (non-hydrogen) atoms. The summed E-state index contributed by atoms with van der Waals surface area (Å²) >= 11 is 0. The van der Waals surface area contributed by atoms with E-state index in [4.69, 9.17) is 9.97 Å². The normalized spacial score (nSPS) is 15.7. The summed E-state index contributed by atoms with van der Waals surface area (Å²) in [6.07, 6.45) is 12.8. The van der Waals surface area contributed by atoms with Gasteiger partial charge in [-0.2, -0.15) is 0 Å². The van der Waals surface area contributed by atoms with Crippen molar-refractivity contribution < 1.29 is 0 Å². The summed E-state index contributed by atoms with van der Waals surface area (Å²) in [6, 6.07) is 53.4. The van der Waals surface area contributed by atoms with Gasteiger partial charge in [-0.25, -0.2) is 9.97 Å². The average Bonchev–Trinajstić information content (AvgIpc) is 3.80. The highest BCUT2D eigenvalue weighted by molar-refractivity contribution is 6.10. The molecule has 9 aromatic rings. The van der Waals surface area contributed by atoms with Gasteiger partial charge in [-0.1, -0.05) is 148 Å². The first kappa shape index (κ1) is 33.3. The Kier molecular flexibility index (Phi) is 8.30. The topological polar surface area (TPSA) is 35.6 Å². The van der Waals surface area contributed by atoms with Crippen molar-refractivity contribution in [3.8, 4) is 34.2 Å². The second kappa shape index (κ2) is 13.9. The molecule has 2 fully saturated rings. The lowest BCUT2D eigenvalue weighted by Gasteiger charge is -2.29. The number of para-hydroxylation sites is 5. The van der Waals surface area contributed by atoms with E-state index in [1.54, 1.807) is 0 Å². The number of hydrogen-bond acceptors (Lipinski definition) is 2. The molecule has 6 aromatic carbocycles. The maximum Gasteiger partial charge on any atom is 0.162 e. The van der Waals surface area contributed by atoms with Crippen LogP contribution in [0.25, 0.3) is 77.8 Å². The van der Waals surface area contributed by atoms with Crippen molar-refractivity contribution in [1.29, 1.82) is 0 Å². The second-order valence-electron chi connectivity index (χ2n) is 16.2. The Labute approximate surface area is 328 Å². The fourth-order valence-electron chi connectivity index (χ4n) is 10.4. The van der Waals surface area contributed by atoms with Crippen molar-refractivity contribution >= 4 is 43.6 Å². The third kappa shape index (κ3) is 5.49. The van der Waals surface area contributed by atoms with Crippen LogP contribution >= 0.6 is 0 Å². The molecule has 0 spiro atoms. The van der Waals surface area contributed by atoms with Crippen LogP contribution in [-0.2, 0) is 0 Å². The first-order chi connectivity index (χ1) is 27.8. The van der Waals surface area contributed by atoms with Crippen LogP contribution in [0.15, 0.2) is 146 Å². The Bertz CT molecular complexity index is 2760. The molecule has 0 bridgehead atoms. The fourth-order valence-corrected chi connectivity index (χ4v) is 10.4. The van der Waals surface area contributed by atoms with Crippen molar-refractivity contribution in [1.82, 2.24) is 19.1 Å². The van der Waals surface area contributed by atoms with Gasteiger partial charge in [-0.15, -0.1) is 0 Å². The zero-order chi connectivity index (χ0) is 37.0. The maximum absolute atomic E-state index is 5.75. The summed E-state index contributed by atoms with van der Waals surface area (Å²) in [5.41, 5.74) is 12.1. The van der Waals surface area contributed by atoms with E-state index >= 15 is 0 Å². The highest BCUT2D eigenvalue weighted by Gasteiger charge is 2.28. The third-order valence-corrected chi connectivity index (χ3v) is 13.0. The highest BCUT2D eigenvalue weighted by Crippen LogP contribution is 2.45. The lowest BCUT2D eigenvalue weighted by molar-refractivity contribution is 0.436. The van der Waals surface area contributed by atoms with Gasteiger partial charge in [0.05, 0.1) is 33.4 Å². The Hall–Kier alpha value is -6.00. The summed E-state index contributed by atoms with van der Waals surface area (Å²) in [5.74, 6) is 2.82. The first-order valence-corrected chi connectivity index (χ1v) is 20.9. The van der Waals surface area contributed by atoms with Crippen LogP contribution in [-0.4, -0.2) is 19.1 Å². The van der Waals surface area contributed by atoms with E-state index in [-0.39, 0.29) is 0 Å². The zero-order valence-corrected chi connectivity index (χ0v) is 31.9. The molecule has 2 aliphatic rings. The summed E-state index contributed by atoms with van der Waals surface area (Å²) in [6.45, 7) is 0. The molecule has 274 valence electrons. The minimum absolute atomic E-state index is 0.524. The summed E-state index contributed by atoms with van der Waals surface area (Å²) in [5, 5.41) is 4.98. The number of benzene rings is 6. The molecule has 0 N–H and O–H groups in total. The van der Waals surface area contributed by atoms with E-state index in [0.717, 1.165) is 39.6 Å². The van der Waals surface area contributed by atoms with Gasteiger partial charge in [0.1, 0.15) is 5.82 Å². The molecular formula is C52H46N4. The van der Waals surface area contributed by atoms with E-state index < -0.39 is 0 Å². The largest absolute Gasteiger partial charge is 0.309 e. The van der Waals surface area contributed by atoms with Gasteiger partial charge in [0, 0.05) is 38.7 Å². The number of rotatable bonds is 6. The standard InChI is InChI=1S/C52H46N4/c1-3-18-35(19-4-1)37-27-17-28-38(36-20-5-2-6-21-36)51(37)52-53-44(34-50(54-52)56-47-31-14-9-24-41(47)42-25-10-15-32-48(42)56)43-26-11-16-33-49(43)55-45-29-12-7-22-39(45)40-23-8-13-30-46(40)55/h7-17,22-36H,1-6,18-21H2. The monoisotopic (exact) mass is 726 g/mol. The Morgan fingerprint density at radius 3 is 1.38 bits per heavy atom. The van der Waals surface area contributed by atoms with Crippen molar-refractivity contribution in [2.24, 2.45) is 0 Å². The van der Waals surface area contributed by atoms with Crippen LogP contribution in [0.1, 0.15) is 87.2 Å². The zero-order valence-electron chi connectivity index (χ0n) is 31.9. The predicted molar refractivity (Wildman–Crippen MR) is 233 cm³/mol. The van der Waals surface area contributed by atoms with E-state index in [1.807, 2.05) is 0 Å². The van der Waals surface area contributed by atoms with Gasteiger partial charge >= 0.3 is 0 Å². The van der Waals surface area contributed by atoms with Crippen LogP contribution < -0.4 is 0 Å². The van der Waals surface area contributed by atoms with Gasteiger partial charge in [-0.05, 0) is 79.0 Å². The molecule has 3 aromatic heterocycles. The molecule has 4 heteroatoms. The predicted octanol–water partition coefficient (Wildman–Crippen LogP) is 14.1. The number of aromatic nitrogens is 4. The minimum atomic E-state index is 0.524. The third-order valence-electron chi connectivity index (χ3n) is 13.0. The lowest BCUT2D eigenvalue weighted by Crippen LogP contribution is -2.13. The maximum atomic E-state index is 5.75. The van der Waals surface area contributed by atoms with Crippen molar-refractivity contribution in [3.05, 3.63) is 157 Å². The van der Waals surface area contributed by atoms with E-state index in [2.05, 4.69) is 155 Å². The molecule has 0 aliphatic heterocycles. The number of nitrogens with zero attached hydrogens (tertiary/aromatic N) is 4. The minimum Gasteiger partial charge on any atom is -0.309 e. The van der Waals surface area contributed by atoms with Crippen LogP contribution in [0.2, 0.25) is 0 Å². The van der Waals surface area contributed by atoms with Crippen molar-refractivity contribution in [2.75, 3.05) is 0 Å². The molecule has 2 saturated carbocycles. The van der Waals surface area contributed by atoms with Gasteiger partial charge in [0.25, 0.3) is 0 Å². The number of fused-ring (bicyclic) bond motifs is 6. The summed E-state index contributed by atoms with van der Waals surface area (Å²) < 4.78 is 4.82. The molecule has 0 unspecified atom stereocenters. The van der Waals surface area contributed by atoms with E-state index in [9.17, 15) is 0 Å². The molecule has 0 atom stereocenters. The number of hydrogen-bond donors (Lipinski definition) is 0. The van der Waals surface area contributed by atoms with E-state index in [0.29, 0.717) is 11.8 Å². The quantitative estimate of drug-likeness (QED) is 0.171. The molecule has 0 amide bonds.